The Balaban J connectivity index is 1.99. The minimum absolute atomic E-state index is 0.0509. The molecular weight excluding hydrogens is 254 g/mol. The minimum atomic E-state index is -2.88. The van der Waals surface area contributed by atoms with Crippen LogP contribution in [0.4, 0.5) is 0 Å². The Morgan fingerprint density at radius 1 is 1.61 bits per heavy atom. The maximum atomic E-state index is 11.4. The molecule has 1 N–H and O–H groups in total. The molecule has 1 saturated heterocycles. The molecule has 2 atom stereocenters. The van der Waals surface area contributed by atoms with Gasteiger partial charge in [-0.1, -0.05) is 12.1 Å². The highest BCUT2D eigenvalue weighted by Crippen LogP contribution is 2.28. The summed E-state index contributed by atoms with van der Waals surface area (Å²) in [7, 11) is -2.88. The lowest BCUT2D eigenvalue weighted by Gasteiger charge is -2.15. The summed E-state index contributed by atoms with van der Waals surface area (Å²) in [5.74, 6) is 0.492. The van der Waals surface area contributed by atoms with Crippen molar-refractivity contribution >= 4 is 9.84 Å². The Labute approximate surface area is 107 Å². The van der Waals surface area contributed by atoms with Crippen molar-refractivity contribution in [1.29, 1.82) is 0 Å². The summed E-state index contributed by atoms with van der Waals surface area (Å²) < 4.78 is 24.4. The number of hydrogen-bond donors (Lipinski definition) is 1. The molecule has 7 heteroatoms. The first kappa shape index (κ1) is 13.5. The van der Waals surface area contributed by atoms with Crippen molar-refractivity contribution in [2.75, 3.05) is 11.5 Å². The maximum Gasteiger partial charge on any atom is 0.150 e. The number of hydrogen-bond acceptors (Lipinski definition) is 5. The molecule has 1 aliphatic rings. The Kier molecular flexibility index (Phi) is 4.01. The van der Waals surface area contributed by atoms with E-state index in [4.69, 9.17) is 0 Å². The van der Waals surface area contributed by atoms with Crippen LogP contribution in [0.15, 0.2) is 6.20 Å². The van der Waals surface area contributed by atoms with Crippen LogP contribution < -0.4 is 0 Å². The van der Waals surface area contributed by atoms with Crippen molar-refractivity contribution in [3.05, 3.63) is 11.9 Å². The van der Waals surface area contributed by atoms with E-state index >= 15 is 0 Å². The van der Waals surface area contributed by atoms with E-state index in [9.17, 15) is 13.5 Å². The van der Waals surface area contributed by atoms with Gasteiger partial charge in [0.15, 0.2) is 9.84 Å². The first-order valence-corrected chi connectivity index (χ1v) is 8.11. The highest BCUT2D eigenvalue weighted by molar-refractivity contribution is 7.91. The molecule has 0 amide bonds. The average molecular weight is 273 g/mol. The number of aliphatic hydroxyl groups excluding tert-OH is 1. The zero-order valence-electron chi connectivity index (χ0n) is 10.5. The summed E-state index contributed by atoms with van der Waals surface area (Å²) in [6, 6.07) is 0. The second kappa shape index (κ2) is 5.36. The molecule has 102 valence electrons. The quantitative estimate of drug-likeness (QED) is 0.846. The average Bonchev–Trinajstić information content (AvgIpc) is 2.86. The van der Waals surface area contributed by atoms with Gasteiger partial charge in [-0.25, -0.2) is 13.1 Å². The summed E-state index contributed by atoms with van der Waals surface area (Å²) in [6.07, 6.45) is 2.92. The van der Waals surface area contributed by atoms with Crippen LogP contribution in [0.3, 0.4) is 0 Å². The number of aliphatic hydroxyl groups is 1. The predicted molar refractivity (Wildman–Crippen MR) is 66.7 cm³/mol. The first-order valence-electron chi connectivity index (χ1n) is 6.28. The van der Waals surface area contributed by atoms with E-state index < -0.39 is 15.9 Å². The van der Waals surface area contributed by atoms with Crippen molar-refractivity contribution < 1.29 is 13.5 Å². The second-order valence-corrected chi connectivity index (χ2v) is 7.13. The van der Waals surface area contributed by atoms with Crippen LogP contribution in [0.2, 0.25) is 0 Å². The Morgan fingerprint density at radius 3 is 3.00 bits per heavy atom. The van der Waals surface area contributed by atoms with Crippen molar-refractivity contribution in [2.24, 2.45) is 5.92 Å². The molecule has 2 rings (SSSR count). The Morgan fingerprint density at radius 2 is 2.39 bits per heavy atom. The lowest BCUT2D eigenvalue weighted by molar-refractivity contribution is 0.138. The highest BCUT2D eigenvalue weighted by Gasteiger charge is 2.30. The lowest BCUT2D eigenvalue weighted by Crippen LogP contribution is -2.13. The number of nitrogens with zero attached hydrogens (tertiary/aromatic N) is 3. The molecule has 0 aromatic carbocycles. The maximum absolute atomic E-state index is 11.4. The standard InChI is InChI=1S/C11H19N3O3S/c1-2-4-14-10(7-12-13-14)11(15)6-9-3-5-18(16,17)8-9/h7,9,11,15H,2-6,8H2,1H3. The van der Waals surface area contributed by atoms with Crippen LogP contribution in [0.1, 0.15) is 38.0 Å². The van der Waals surface area contributed by atoms with Gasteiger partial charge >= 0.3 is 0 Å². The van der Waals surface area contributed by atoms with E-state index in [2.05, 4.69) is 10.3 Å². The van der Waals surface area contributed by atoms with Crippen LogP contribution in [0, 0.1) is 5.92 Å². The van der Waals surface area contributed by atoms with Crippen LogP contribution in [0.25, 0.3) is 0 Å². The van der Waals surface area contributed by atoms with Gasteiger partial charge in [-0.05, 0) is 25.2 Å². The van der Waals surface area contributed by atoms with Gasteiger partial charge in [0.05, 0.1) is 29.5 Å². The third kappa shape index (κ3) is 3.08. The molecule has 2 heterocycles. The van der Waals surface area contributed by atoms with Gasteiger partial charge in [-0.2, -0.15) is 0 Å². The van der Waals surface area contributed by atoms with E-state index in [-0.39, 0.29) is 17.4 Å². The topological polar surface area (TPSA) is 85.1 Å². The zero-order chi connectivity index (χ0) is 13.2. The predicted octanol–water partition coefficient (Wildman–Crippen LogP) is 0.546. The smallest absolute Gasteiger partial charge is 0.150 e. The fourth-order valence-electron chi connectivity index (χ4n) is 2.40. The molecule has 6 nitrogen and oxygen atoms in total. The molecular formula is C11H19N3O3S. The lowest BCUT2D eigenvalue weighted by atomic mass is 9.99. The summed E-state index contributed by atoms with van der Waals surface area (Å²) >= 11 is 0. The van der Waals surface area contributed by atoms with Crippen molar-refractivity contribution in [3.63, 3.8) is 0 Å². The van der Waals surface area contributed by atoms with Gasteiger partial charge < -0.3 is 5.11 Å². The summed E-state index contributed by atoms with van der Waals surface area (Å²) in [5.41, 5.74) is 0.682. The Hall–Kier alpha value is -0.950. The highest BCUT2D eigenvalue weighted by atomic mass is 32.2. The van der Waals surface area contributed by atoms with Gasteiger partial charge in [0.2, 0.25) is 0 Å². The summed E-state index contributed by atoms with van der Waals surface area (Å²) in [5, 5.41) is 17.9. The molecule has 0 radical (unpaired) electrons. The van der Waals surface area contributed by atoms with E-state index in [1.165, 1.54) is 0 Å². The largest absolute Gasteiger partial charge is 0.387 e. The monoisotopic (exact) mass is 273 g/mol. The fraction of sp³-hybridized carbons (Fsp3) is 0.818. The molecule has 0 spiro atoms. The molecule has 1 aromatic rings. The van der Waals surface area contributed by atoms with Gasteiger partial charge in [0.25, 0.3) is 0 Å². The number of aryl methyl sites for hydroxylation is 1. The van der Waals surface area contributed by atoms with Crippen LogP contribution >= 0.6 is 0 Å². The molecule has 2 unspecified atom stereocenters. The van der Waals surface area contributed by atoms with Crippen molar-refractivity contribution in [1.82, 2.24) is 15.0 Å². The zero-order valence-corrected chi connectivity index (χ0v) is 11.3. The van der Waals surface area contributed by atoms with Gasteiger partial charge in [0, 0.05) is 6.54 Å². The fourth-order valence-corrected chi connectivity index (χ4v) is 4.28. The van der Waals surface area contributed by atoms with E-state index in [0.717, 1.165) is 13.0 Å². The molecule has 1 fully saturated rings. The minimum Gasteiger partial charge on any atom is -0.387 e. The molecule has 1 aromatic heterocycles. The number of rotatable bonds is 5. The van der Waals surface area contributed by atoms with Crippen LogP contribution in [0.5, 0.6) is 0 Å². The molecule has 0 bridgehead atoms. The first-order chi connectivity index (χ1) is 8.52. The van der Waals surface area contributed by atoms with Crippen LogP contribution in [-0.4, -0.2) is 40.0 Å². The van der Waals surface area contributed by atoms with E-state index in [1.54, 1.807) is 10.9 Å². The molecule has 1 aliphatic heterocycles. The summed E-state index contributed by atoms with van der Waals surface area (Å²) in [6.45, 7) is 2.75. The molecule has 0 saturated carbocycles. The molecule has 0 aliphatic carbocycles. The number of aromatic nitrogens is 3. The number of sulfone groups is 1. The van der Waals surface area contributed by atoms with Crippen LogP contribution in [-0.2, 0) is 16.4 Å². The second-order valence-electron chi connectivity index (χ2n) is 4.90. The van der Waals surface area contributed by atoms with Gasteiger partial charge in [-0.3, -0.25) is 0 Å². The van der Waals surface area contributed by atoms with Gasteiger partial charge in [0.1, 0.15) is 0 Å². The van der Waals surface area contributed by atoms with Crippen molar-refractivity contribution in [2.45, 2.75) is 38.8 Å². The van der Waals surface area contributed by atoms with E-state index in [1.807, 2.05) is 6.92 Å². The molecule has 18 heavy (non-hydrogen) atoms. The van der Waals surface area contributed by atoms with E-state index in [0.29, 0.717) is 18.5 Å². The van der Waals surface area contributed by atoms with Gasteiger partial charge in [-0.15, -0.1) is 5.10 Å². The van der Waals surface area contributed by atoms with Crippen molar-refractivity contribution in [3.8, 4) is 0 Å². The normalized spacial score (nSPS) is 24.2. The SMILES string of the molecule is CCCn1nncc1C(O)CC1CCS(=O)(=O)C1. The Bertz CT molecular complexity index is 497. The summed E-state index contributed by atoms with van der Waals surface area (Å²) in [4.78, 5) is 0. The third-order valence-corrected chi connectivity index (χ3v) is 5.14. The third-order valence-electron chi connectivity index (χ3n) is 3.31.